The van der Waals surface area contributed by atoms with Crippen molar-refractivity contribution in [2.45, 2.75) is 0 Å². The molecular weight excluding hydrogens is 269 g/mol. The minimum Gasteiger partial charge on any atom is -0.496 e. The Labute approximate surface area is 112 Å². The summed E-state index contributed by atoms with van der Waals surface area (Å²) in [5.41, 5.74) is 0.181. The highest BCUT2D eigenvalue weighted by atomic mass is 19.2. The molecule has 1 N–H and O–H groups in total. The van der Waals surface area contributed by atoms with Crippen molar-refractivity contribution >= 4 is 11.0 Å². The zero-order valence-electron chi connectivity index (χ0n) is 10.4. The third-order valence-corrected chi connectivity index (χ3v) is 2.98. The largest absolute Gasteiger partial charge is 0.496 e. The highest BCUT2D eigenvalue weighted by Crippen LogP contribution is 2.32. The van der Waals surface area contributed by atoms with Crippen LogP contribution in [0.4, 0.5) is 13.2 Å². The Morgan fingerprint density at radius 2 is 1.85 bits per heavy atom. The highest BCUT2D eigenvalue weighted by Gasteiger charge is 2.18. The number of imidazole rings is 1. The first-order valence-corrected chi connectivity index (χ1v) is 5.78. The average molecular weight is 278 g/mol. The van der Waals surface area contributed by atoms with E-state index < -0.39 is 17.5 Å². The normalized spacial score (nSPS) is 11.0. The summed E-state index contributed by atoms with van der Waals surface area (Å²) >= 11 is 0. The van der Waals surface area contributed by atoms with Crippen LogP contribution in [0.1, 0.15) is 0 Å². The number of rotatable bonds is 2. The fraction of sp³-hybridized carbons (Fsp3) is 0.0714. The lowest BCUT2D eigenvalue weighted by molar-refractivity contribution is 0.413. The summed E-state index contributed by atoms with van der Waals surface area (Å²) < 4.78 is 45.8. The molecular formula is C14H9F3N2O. The number of nitrogens with zero attached hydrogens (tertiary/aromatic N) is 1. The highest BCUT2D eigenvalue weighted by molar-refractivity contribution is 5.81. The van der Waals surface area contributed by atoms with Gasteiger partial charge < -0.3 is 9.72 Å². The van der Waals surface area contributed by atoms with Gasteiger partial charge in [0, 0.05) is 0 Å². The summed E-state index contributed by atoms with van der Waals surface area (Å²) in [7, 11) is 1.39. The van der Waals surface area contributed by atoms with Gasteiger partial charge in [-0.15, -0.1) is 0 Å². The molecule has 6 heteroatoms. The molecule has 0 unspecified atom stereocenters. The Morgan fingerprint density at radius 1 is 1.05 bits per heavy atom. The van der Waals surface area contributed by atoms with Crippen LogP contribution in [-0.2, 0) is 0 Å². The van der Waals surface area contributed by atoms with Gasteiger partial charge in [-0.25, -0.2) is 18.2 Å². The average Bonchev–Trinajstić information content (AvgIpc) is 2.87. The van der Waals surface area contributed by atoms with Gasteiger partial charge in [0.15, 0.2) is 11.6 Å². The summed E-state index contributed by atoms with van der Waals surface area (Å²) in [5, 5.41) is 0. The first-order valence-electron chi connectivity index (χ1n) is 5.78. The van der Waals surface area contributed by atoms with Crippen molar-refractivity contribution in [1.29, 1.82) is 0 Å². The predicted octanol–water partition coefficient (Wildman–Crippen LogP) is 3.66. The Bertz CT molecular complexity index is 798. The summed E-state index contributed by atoms with van der Waals surface area (Å²) in [6, 6.07) is 6.61. The first kappa shape index (κ1) is 12.5. The number of methoxy groups -OCH3 is 1. The maximum absolute atomic E-state index is 13.9. The van der Waals surface area contributed by atoms with Crippen LogP contribution in [0.25, 0.3) is 22.4 Å². The second kappa shape index (κ2) is 4.56. The molecule has 0 amide bonds. The van der Waals surface area contributed by atoms with E-state index in [1.54, 1.807) is 6.07 Å². The van der Waals surface area contributed by atoms with E-state index in [0.717, 1.165) is 6.07 Å². The number of nitrogens with one attached hydrogen (secondary N) is 1. The quantitative estimate of drug-likeness (QED) is 0.777. The number of hydrogen-bond acceptors (Lipinski definition) is 2. The molecule has 2 aromatic carbocycles. The molecule has 0 saturated heterocycles. The molecule has 0 radical (unpaired) electrons. The predicted molar refractivity (Wildman–Crippen MR) is 68.0 cm³/mol. The summed E-state index contributed by atoms with van der Waals surface area (Å²) in [6.45, 7) is 0. The Morgan fingerprint density at radius 3 is 2.60 bits per heavy atom. The fourth-order valence-corrected chi connectivity index (χ4v) is 2.04. The minimum absolute atomic E-state index is 0.0750. The molecule has 0 aliphatic rings. The van der Waals surface area contributed by atoms with Crippen LogP contribution in [-0.4, -0.2) is 17.1 Å². The van der Waals surface area contributed by atoms with E-state index >= 15 is 0 Å². The lowest BCUT2D eigenvalue weighted by Gasteiger charge is -2.06. The third kappa shape index (κ3) is 1.80. The van der Waals surface area contributed by atoms with Gasteiger partial charge in [0.2, 0.25) is 0 Å². The van der Waals surface area contributed by atoms with Crippen molar-refractivity contribution in [1.82, 2.24) is 9.97 Å². The zero-order chi connectivity index (χ0) is 14.3. The second-order valence-corrected chi connectivity index (χ2v) is 4.16. The number of halogens is 3. The smallest absolute Gasteiger partial charge is 0.186 e. The van der Waals surface area contributed by atoms with Gasteiger partial charge in [-0.05, 0) is 24.3 Å². The molecule has 0 aliphatic carbocycles. The van der Waals surface area contributed by atoms with Crippen molar-refractivity contribution in [3.63, 3.8) is 0 Å². The lowest BCUT2D eigenvalue weighted by Crippen LogP contribution is -1.92. The van der Waals surface area contributed by atoms with E-state index in [2.05, 4.69) is 9.97 Å². The summed E-state index contributed by atoms with van der Waals surface area (Å²) in [5.74, 6) is -2.30. The van der Waals surface area contributed by atoms with E-state index in [4.69, 9.17) is 4.74 Å². The number of ether oxygens (including phenoxy) is 1. The van der Waals surface area contributed by atoms with Crippen LogP contribution >= 0.6 is 0 Å². The number of H-pyrrole nitrogens is 1. The SMILES string of the molecule is COc1cccc(F)c1-c1nc2c(F)c(F)ccc2[nH]1. The van der Waals surface area contributed by atoms with Crippen LogP contribution in [0.5, 0.6) is 5.75 Å². The Balaban J connectivity index is 2.28. The molecule has 1 heterocycles. The molecule has 0 aliphatic heterocycles. The summed E-state index contributed by atoms with van der Waals surface area (Å²) in [4.78, 5) is 6.68. The second-order valence-electron chi connectivity index (χ2n) is 4.16. The van der Waals surface area contributed by atoms with Crippen molar-refractivity contribution in [3.05, 3.63) is 47.8 Å². The zero-order valence-corrected chi connectivity index (χ0v) is 10.4. The van der Waals surface area contributed by atoms with E-state index in [-0.39, 0.29) is 28.2 Å². The van der Waals surface area contributed by atoms with Gasteiger partial charge in [-0.3, -0.25) is 0 Å². The van der Waals surface area contributed by atoms with Crippen LogP contribution in [0.3, 0.4) is 0 Å². The third-order valence-electron chi connectivity index (χ3n) is 2.98. The molecule has 0 atom stereocenters. The Kier molecular flexibility index (Phi) is 2.85. The minimum atomic E-state index is -1.07. The topological polar surface area (TPSA) is 37.9 Å². The number of hydrogen-bond donors (Lipinski definition) is 1. The van der Waals surface area contributed by atoms with Gasteiger partial charge >= 0.3 is 0 Å². The van der Waals surface area contributed by atoms with Crippen LogP contribution in [0.2, 0.25) is 0 Å². The molecule has 20 heavy (non-hydrogen) atoms. The molecule has 3 aromatic rings. The van der Waals surface area contributed by atoms with Gasteiger partial charge in [-0.1, -0.05) is 6.07 Å². The molecule has 1 aromatic heterocycles. The molecule has 0 bridgehead atoms. The van der Waals surface area contributed by atoms with E-state index in [0.29, 0.717) is 0 Å². The Hall–Kier alpha value is -2.50. The van der Waals surface area contributed by atoms with Crippen molar-refractivity contribution < 1.29 is 17.9 Å². The van der Waals surface area contributed by atoms with E-state index in [1.807, 2.05) is 0 Å². The van der Waals surface area contributed by atoms with Gasteiger partial charge in [0.1, 0.15) is 22.9 Å². The van der Waals surface area contributed by atoms with Crippen molar-refractivity contribution in [2.24, 2.45) is 0 Å². The van der Waals surface area contributed by atoms with Gasteiger partial charge in [-0.2, -0.15) is 0 Å². The van der Waals surface area contributed by atoms with E-state index in [1.165, 1.54) is 25.3 Å². The maximum atomic E-state index is 13.9. The number of aromatic amines is 1. The molecule has 0 spiro atoms. The maximum Gasteiger partial charge on any atom is 0.186 e. The molecule has 3 rings (SSSR count). The molecule has 0 fully saturated rings. The molecule has 0 saturated carbocycles. The standard InChI is InChI=1S/C14H9F3N2O/c1-20-10-4-2-3-7(15)11(10)14-18-9-6-5-8(16)12(17)13(9)19-14/h2-6H,1H3,(H,18,19). The van der Waals surface area contributed by atoms with Crippen molar-refractivity contribution in [2.75, 3.05) is 7.11 Å². The number of fused-ring (bicyclic) bond motifs is 1. The van der Waals surface area contributed by atoms with E-state index in [9.17, 15) is 13.2 Å². The van der Waals surface area contributed by atoms with Crippen LogP contribution in [0.15, 0.2) is 30.3 Å². The van der Waals surface area contributed by atoms with Gasteiger partial charge in [0.05, 0.1) is 18.2 Å². The first-order chi connectivity index (χ1) is 9.61. The van der Waals surface area contributed by atoms with Crippen LogP contribution < -0.4 is 4.74 Å². The van der Waals surface area contributed by atoms with Crippen LogP contribution in [0, 0.1) is 17.5 Å². The molecule has 3 nitrogen and oxygen atoms in total. The van der Waals surface area contributed by atoms with Crippen molar-refractivity contribution in [3.8, 4) is 17.1 Å². The number of benzene rings is 2. The summed E-state index contributed by atoms with van der Waals surface area (Å²) in [6.07, 6.45) is 0. The molecule has 102 valence electrons. The van der Waals surface area contributed by atoms with Gasteiger partial charge in [0.25, 0.3) is 0 Å². The lowest BCUT2D eigenvalue weighted by atomic mass is 10.2. The fourth-order valence-electron chi connectivity index (χ4n) is 2.04. The monoisotopic (exact) mass is 278 g/mol. The number of aromatic nitrogens is 2.